The zero-order valence-electron chi connectivity index (χ0n) is 10.4. The molecule has 0 bridgehead atoms. The van der Waals surface area contributed by atoms with E-state index in [4.69, 9.17) is 0 Å². The zero-order valence-corrected chi connectivity index (χ0v) is 12.0. The highest BCUT2D eigenvalue weighted by molar-refractivity contribution is 9.10. The highest BCUT2D eigenvalue weighted by atomic mass is 79.9. The fourth-order valence-electron chi connectivity index (χ4n) is 1.92. The van der Waals surface area contributed by atoms with Crippen molar-refractivity contribution in [2.24, 2.45) is 0 Å². The molecule has 0 saturated carbocycles. The smallest absolute Gasteiger partial charge is 0.0622 e. The molecule has 0 amide bonds. The molecule has 18 heavy (non-hydrogen) atoms. The van der Waals surface area contributed by atoms with Crippen LogP contribution in [0.1, 0.15) is 18.1 Å². The maximum absolute atomic E-state index is 10.1. The summed E-state index contributed by atoms with van der Waals surface area (Å²) in [5.41, 5.74) is 2.23. The second kappa shape index (κ2) is 6.16. The number of aliphatic hydroxyl groups excluding tert-OH is 1. The van der Waals surface area contributed by atoms with Gasteiger partial charge in [0, 0.05) is 23.6 Å². The Labute approximate surface area is 116 Å². The van der Waals surface area contributed by atoms with Gasteiger partial charge in [-0.2, -0.15) is 5.10 Å². The number of hydrogen-bond donors (Lipinski definition) is 1. The molecule has 2 rings (SSSR count). The van der Waals surface area contributed by atoms with E-state index in [0.29, 0.717) is 12.8 Å². The first-order valence-electron chi connectivity index (χ1n) is 6.11. The van der Waals surface area contributed by atoms with Crippen LogP contribution in [0.3, 0.4) is 0 Å². The number of nitrogens with zero attached hydrogens (tertiary/aromatic N) is 2. The van der Waals surface area contributed by atoms with Gasteiger partial charge in [0.25, 0.3) is 0 Å². The van der Waals surface area contributed by atoms with Crippen LogP contribution in [0.4, 0.5) is 0 Å². The minimum atomic E-state index is -0.360. The van der Waals surface area contributed by atoms with Crippen molar-refractivity contribution in [2.75, 3.05) is 0 Å². The van der Waals surface area contributed by atoms with E-state index in [-0.39, 0.29) is 6.10 Å². The first kappa shape index (κ1) is 13.3. The van der Waals surface area contributed by atoms with Crippen LogP contribution in [0.2, 0.25) is 0 Å². The maximum Gasteiger partial charge on any atom is 0.0622 e. The molecule has 0 fully saturated rings. The Morgan fingerprint density at radius 2 is 1.89 bits per heavy atom. The number of rotatable bonds is 5. The summed E-state index contributed by atoms with van der Waals surface area (Å²) in [5, 5.41) is 14.3. The lowest BCUT2D eigenvalue weighted by Crippen LogP contribution is -2.13. The summed E-state index contributed by atoms with van der Waals surface area (Å²) in [5.74, 6) is 0. The lowest BCUT2D eigenvalue weighted by Gasteiger charge is -2.09. The van der Waals surface area contributed by atoms with Crippen LogP contribution in [0.25, 0.3) is 0 Å². The molecule has 3 nitrogen and oxygen atoms in total. The molecule has 0 aliphatic heterocycles. The molecule has 1 aromatic heterocycles. The van der Waals surface area contributed by atoms with Gasteiger partial charge in [0.1, 0.15) is 0 Å². The Hall–Kier alpha value is -1.13. The largest absolute Gasteiger partial charge is 0.392 e. The lowest BCUT2D eigenvalue weighted by molar-refractivity contribution is 0.175. The van der Waals surface area contributed by atoms with Gasteiger partial charge in [0.15, 0.2) is 0 Å². The Morgan fingerprint density at radius 1 is 1.22 bits per heavy atom. The average molecular weight is 309 g/mol. The Kier molecular flexibility index (Phi) is 4.55. The second-order valence-electron chi connectivity index (χ2n) is 4.39. The second-order valence-corrected chi connectivity index (χ2v) is 5.31. The highest BCUT2D eigenvalue weighted by Gasteiger charge is 2.08. The van der Waals surface area contributed by atoms with Gasteiger partial charge in [0.2, 0.25) is 0 Å². The molecule has 2 aromatic rings. The van der Waals surface area contributed by atoms with E-state index in [2.05, 4.69) is 28.0 Å². The van der Waals surface area contributed by atoms with Crippen LogP contribution in [0.15, 0.2) is 41.1 Å². The SMILES string of the molecule is CCn1cc(CC(O)Cc2ccc(Br)cc2)cn1. The third kappa shape index (κ3) is 3.68. The van der Waals surface area contributed by atoms with Gasteiger partial charge in [-0.1, -0.05) is 28.1 Å². The molecule has 0 aliphatic rings. The molecule has 0 saturated heterocycles. The summed E-state index contributed by atoms with van der Waals surface area (Å²) in [4.78, 5) is 0. The molecule has 1 aromatic carbocycles. The predicted octanol–water partition coefficient (Wildman–Crippen LogP) is 2.81. The van der Waals surface area contributed by atoms with Gasteiger partial charge < -0.3 is 5.11 Å². The van der Waals surface area contributed by atoms with Crippen molar-refractivity contribution >= 4 is 15.9 Å². The standard InChI is InChI=1S/C14H17BrN2O/c1-2-17-10-12(9-16-17)8-14(18)7-11-3-5-13(15)6-4-11/h3-6,9-10,14,18H,2,7-8H2,1H3. The number of aliphatic hydroxyl groups is 1. The molecule has 96 valence electrons. The third-order valence-corrected chi connectivity index (χ3v) is 3.40. The monoisotopic (exact) mass is 308 g/mol. The van der Waals surface area contributed by atoms with Gasteiger partial charge >= 0.3 is 0 Å². The lowest BCUT2D eigenvalue weighted by atomic mass is 10.0. The summed E-state index contributed by atoms with van der Waals surface area (Å²) < 4.78 is 2.94. The van der Waals surface area contributed by atoms with Crippen molar-refractivity contribution in [3.05, 3.63) is 52.3 Å². The maximum atomic E-state index is 10.1. The zero-order chi connectivity index (χ0) is 13.0. The van der Waals surface area contributed by atoms with Crippen LogP contribution in [0.5, 0.6) is 0 Å². The molecular weight excluding hydrogens is 292 g/mol. The van der Waals surface area contributed by atoms with Gasteiger partial charge in [-0.15, -0.1) is 0 Å². The van der Waals surface area contributed by atoms with E-state index in [1.54, 1.807) is 0 Å². The predicted molar refractivity (Wildman–Crippen MR) is 75.5 cm³/mol. The molecule has 1 atom stereocenters. The molecule has 4 heteroatoms. The van der Waals surface area contributed by atoms with Crippen LogP contribution < -0.4 is 0 Å². The van der Waals surface area contributed by atoms with Gasteiger partial charge in [-0.3, -0.25) is 4.68 Å². The van der Waals surface area contributed by atoms with E-state index in [0.717, 1.165) is 22.1 Å². The van der Waals surface area contributed by atoms with Crippen molar-refractivity contribution in [3.63, 3.8) is 0 Å². The minimum absolute atomic E-state index is 0.360. The highest BCUT2D eigenvalue weighted by Crippen LogP contribution is 2.13. The summed E-state index contributed by atoms with van der Waals surface area (Å²) in [6, 6.07) is 8.06. The van der Waals surface area contributed by atoms with Gasteiger partial charge in [-0.25, -0.2) is 0 Å². The quantitative estimate of drug-likeness (QED) is 0.922. The fraction of sp³-hybridized carbons (Fsp3) is 0.357. The van der Waals surface area contributed by atoms with Gasteiger partial charge in [-0.05, 0) is 36.6 Å². The molecule has 0 aliphatic carbocycles. The van der Waals surface area contributed by atoms with Crippen LogP contribution >= 0.6 is 15.9 Å². The number of aromatic nitrogens is 2. The van der Waals surface area contributed by atoms with Crippen LogP contribution in [-0.2, 0) is 19.4 Å². The Bertz CT molecular complexity index is 493. The average Bonchev–Trinajstić information content (AvgIpc) is 2.79. The molecule has 1 N–H and O–H groups in total. The van der Waals surface area contributed by atoms with Crippen molar-refractivity contribution < 1.29 is 5.11 Å². The van der Waals surface area contributed by atoms with Crippen LogP contribution in [-0.4, -0.2) is 21.0 Å². The van der Waals surface area contributed by atoms with E-state index < -0.39 is 0 Å². The number of halogens is 1. The van der Waals surface area contributed by atoms with Crippen LogP contribution in [0, 0.1) is 0 Å². The first-order valence-corrected chi connectivity index (χ1v) is 6.90. The Morgan fingerprint density at radius 3 is 2.50 bits per heavy atom. The van der Waals surface area contributed by atoms with Crippen molar-refractivity contribution in [2.45, 2.75) is 32.4 Å². The Balaban J connectivity index is 1.91. The normalized spacial score (nSPS) is 12.6. The molecule has 0 spiro atoms. The van der Waals surface area contributed by atoms with Crippen molar-refractivity contribution in [3.8, 4) is 0 Å². The number of aryl methyl sites for hydroxylation is 1. The summed E-state index contributed by atoms with van der Waals surface area (Å²) in [6.07, 6.45) is 4.78. The summed E-state index contributed by atoms with van der Waals surface area (Å²) >= 11 is 3.40. The fourth-order valence-corrected chi connectivity index (χ4v) is 2.19. The summed E-state index contributed by atoms with van der Waals surface area (Å²) in [7, 11) is 0. The van der Waals surface area contributed by atoms with Gasteiger partial charge in [0.05, 0.1) is 12.3 Å². The topological polar surface area (TPSA) is 38.0 Å². The number of hydrogen-bond acceptors (Lipinski definition) is 2. The molecular formula is C14H17BrN2O. The van der Waals surface area contributed by atoms with Crippen molar-refractivity contribution in [1.29, 1.82) is 0 Å². The number of benzene rings is 1. The minimum Gasteiger partial charge on any atom is -0.392 e. The first-order chi connectivity index (χ1) is 8.67. The molecule has 1 unspecified atom stereocenters. The van der Waals surface area contributed by atoms with E-state index in [9.17, 15) is 5.11 Å². The third-order valence-electron chi connectivity index (χ3n) is 2.87. The van der Waals surface area contributed by atoms with Crippen molar-refractivity contribution in [1.82, 2.24) is 9.78 Å². The summed E-state index contributed by atoms with van der Waals surface area (Å²) in [6.45, 7) is 2.91. The van der Waals surface area contributed by atoms with E-state index in [1.165, 1.54) is 0 Å². The van der Waals surface area contributed by atoms with E-state index in [1.807, 2.05) is 41.3 Å². The molecule has 1 heterocycles. The van der Waals surface area contributed by atoms with E-state index >= 15 is 0 Å². The molecule has 0 radical (unpaired) electrons.